The summed E-state index contributed by atoms with van der Waals surface area (Å²) in [6, 6.07) is 35.2. The molecule has 3 heterocycles. The third-order valence-corrected chi connectivity index (χ3v) is 10.3. The van der Waals surface area contributed by atoms with Gasteiger partial charge in [-0.25, -0.2) is 4.98 Å². The second kappa shape index (κ2) is 15.0. The first-order valence-corrected chi connectivity index (χ1v) is 19.0. The molecule has 0 radical (unpaired) electrons. The Balaban J connectivity index is 0.00000497. The van der Waals surface area contributed by atoms with Crippen LogP contribution in [0.4, 0.5) is 0 Å². The molecule has 0 aliphatic carbocycles. The van der Waals surface area contributed by atoms with Gasteiger partial charge in [0, 0.05) is 34.5 Å². The first kappa shape index (κ1) is 39.2. The van der Waals surface area contributed by atoms with E-state index in [4.69, 9.17) is 14.8 Å². The smallest absolute Gasteiger partial charge is 0.509 e. The van der Waals surface area contributed by atoms with Gasteiger partial charge in [-0.15, -0.1) is 41.3 Å². The molecule has 7 rings (SSSR count). The first-order chi connectivity index (χ1) is 25.2. The Morgan fingerprint density at radius 1 is 0.759 bits per heavy atom. The SMILES string of the molecule is CCCc1ccnc(-n2c3[c-]c(Oc4[c-]c(-n5nc(C)c(-c6c(C(C)(C)C)cccc6C(C)(C)C)c5C)cc(C(C)C)c4)ccc3c3ccccc32)c1.[Pd+2]. The number of aryl methyl sites for hydroxylation is 2. The van der Waals surface area contributed by atoms with Gasteiger partial charge in [-0.1, -0.05) is 111 Å². The fourth-order valence-corrected chi connectivity index (χ4v) is 7.68. The standard InChI is InChI=1S/C48H52N4O.Pd/c1-12-16-33-23-24-49-44(25-33)51-42-20-14-13-17-38(42)39-22-21-36(29-43(39)51)53-37-27-34(30(2)3)26-35(28-37)52-32(5)45(31(4)50-52)46-40(47(6,7)8)18-15-19-41(46)48(9,10)11;/h13-15,17-27,30H,12,16H2,1-11H3;/q-2;+2. The molecule has 0 aliphatic heterocycles. The molecule has 5 nitrogen and oxygen atoms in total. The van der Waals surface area contributed by atoms with E-state index in [1.165, 1.54) is 27.8 Å². The number of nitrogens with zero attached hydrogens (tertiary/aromatic N) is 4. The van der Waals surface area contributed by atoms with Gasteiger partial charge >= 0.3 is 20.4 Å². The van der Waals surface area contributed by atoms with Gasteiger partial charge in [0.25, 0.3) is 0 Å². The molecule has 3 aromatic heterocycles. The third kappa shape index (κ3) is 7.31. The quantitative estimate of drug-likeness (QED) is 0.113. The van der Waals surface area contributed by atoms with Crippen LogP contribution in [-0.4, -0.2) is 19.3 Å². The van der Waals surface area contributed by atoms with Crippen LogP contribution < -0.4 is 4.74 Å². The van der Waals surface area contributed by atoms with Gasteiger partial charge in [-0.05, 0) is 88.5 Å². The molecular formula is C48H52N4OPd. The Morgan fingerprint density at radius 2 is 1.46 bits per heavy atom. The van der Waals surface area contributed by atoms with Crippen LogP contribution in [0, 0.1) is 26.0 Å². The number of hydrogen-bond acceptors (Lipinski definition) is 3. The molecule has 0 unspecified atom stereocenters. The van der Waals surface area contributed by atoms with E-state index in [0.717, 1.165) is 63.1 Å². The average molecular weight is 807 g/mol. The predicted octanol–water partition coefficient (Wildman–Crippen LogP) is 12.7. The number of pyridine rings is 1. The summed E-state index contributed by atoms with van der Waals surface area (Å²) in [5.74, 6) is 2.41. The van der Waals surface area contributed by atoms with E-state index in [1.54, 1.807) is 0 Å². The van der Waals surface area contributed by atoms with E-state index in [0.29, 0.717) is 11.5 Å². The molecule has 54 heavy (non-hydrogen) atoms. The molecule has 0 atom stereocenters. The summed E-state index contributed by atoms with van der Waals surface area (Å²) in [6.07, 6.45) is 3.99. The summed E-state index contributed by atoms with van der Waals surface area (Å²) in [4.78, 5) is 4.82. The summed E-state index contributed by atoms with van der Waals surface area (Å²) in [6.45, 7) is 24.7. The average Bonchev–Trinajstić information content (AvgIpc) is 3.59. The second-order valence-electron chi connectivity index (χ2n) is 16.8. The summed E-state index contributed by atoms with van der Waals surface area (Å²) in [7, 11) is 0. The van der Waals surface area contributed by atoms with Gasteiger partial charge in [-0.3, -0.25) is 4.68 Å². The van der Waals surface area contributed by atoms with Crippen LogP contribution >= 0.6 is 0 Å². The summed E-state index contributed by atoms with van der Waals surface area (Å²) >= 11 is 0. The van der Waals surface area contributed by atoms with Crippen molar-refractivity contribution in [2.24, 2.45) is 0 Å². The van der Waals surface area contributed by atoms with Crippen LogP contribution in [0.5, 0.6) is 11.5 Å². The first-order valence-electron chi connectivity index (χ1n) is 19.0. The van der Waals surface area contributed by atoms with Crippen LogP contribution in [0.2, 0.25) is 0 Å². The van der Waals surface area contributed by atoms with E-state index < -0.39 is 0 Å². The minimum atomic E-state index is -0.0417. The van der Waals surface area contributed by atoms with Gasteiger partial charge in [0.15, 0.2) is 0 Å². The topological polar surface area (TPSA) is 44.9 Å². The maximum Gasteiger partial charge on any atom is 2.00 e. The molecule has 7 aromatic rings. The zero-order valence-corrected chi connectivity index (χ0v) is 35.1. The largest absolute Gasteiger partial charge is 2.00 e. The van der Waals surface area contributed by atoms with Crippen LogP contribution in [-0.2, 0) is 37.7 Å². The molecule has 0 aliphatic rings. The van der Waals surface area contributed by atoms with Gasteiger partial charge in [0.05, 0.1) is 5.69 Å². The van der Waals surface area contributed by atoms with E-state index in [2.05, 4.69) is 170 Å². The van der Waals surface area contributed by atoms with Crippen LogP contribution in [0.1, 0.15) is 108 Å². The number of hydrogen-bond donors (Lipinski definition) is 0. The van der Waals surface area contributed by atoms with Gasteiger partial charge in [-0.2, -0.15) is 11.2 Å². The molecule has 0 bridgehead atoms. The number of benzene rings is 4. The zero-order chi connectivity index (χ0) is 37.8. The number of aromatic nitrogens is 4. The molecule has 0 saturated carbocycles. The molecule has 0 amide bonds. The molecule has 6 heteroatoms. The molecule has 0 saturated heterocycles. The van der Waals surface area contributed by atoms with Crippen molar-refractivity contribution in [3.8, 4) is 34.1 Å². The minimum Gasteiger partial charge on any atom is -0.509 e. The van der Waals surface area contributed by atoms with E-state index in [-0.39, 0.29) is 37.2 Å². The maximum absolute atomic E-state index is 6.69. The van der Waals surface area contributed by atoms with Crippen LogP contribution in [0.15, 0.2) is 85.1 Å². The summed E-state index contributed by atoms with van der Waals surface area (Å²) in [5, 5.41) is 7.46. The van der Waals surface area contributed by atoms with Crippen molar-refractivity contribution in [1.29, 1.82) is 0 Å². The Bertz CT molecular complexity index is 2440. The van der Waals surface area contributed by atoms with Gasteiger partial charge < -0.3 is 9.30 Å². The van der Waals surface area contributed by atoms with E-state index in [1.807, 2.05) is 12.3 Å². The van der Waals surface area contributed by atoms with Crippen molar-refractivity contribution >= 4 is 21.8 Å². The monoisotopic (exact) mass is 806 g/mol. The number of ether oxygens (including phenoxy) is 1. The summed E-state index contributed by atoms with van der Waals surface area (Å²) in [5.41, 5.74) is 12.4. The Labute approximate surface area is 335 Å². The molecular weight excluding hydrogens is 755 g/mol. The Morgan fingerprint density at radius 3 is 2.13 bits per heavy atom. The number of para-hydroxylation sites is 1. The van der Waals surface area contributed by atoms with E-state index in [9.17, 15) is 0 Å². The predicted molar refractivity (Wildman–Crippen MR) is 220 cm³/mol. The maximum atomic E-state index is 6.69. The second-order valence-corrected chi connectivity index (χ2v) is 16.8. The minimum absolute atomic E-state index is 0. The van der Waals surface area contributed by atoms with Crippen molar-refractivity contribution in [1.82, 2.24) is 19.3 Å². The van der Waals surface area contributed by atoms with Crippen molar-refractivity contribution in [3.05, 3.63) is 131 Å². The van der Waals surface area contributed by atoms with Crippen molar-refractivity contribution < 1.29 is 25.2 Å². The molecule has 0 spiro atoms. The van der Waals surface area contributed by atoms with Gasteiger partial charge in [0.1, 0.15) is 5.82 Å². The van der Waals surface area contributed by atoms with Gasteiger partial charge in [0.2, 0.25) is 0 Å². The fourth-order valence-electron chi connectivity index (χ4n) is 7.68. The molecule has 0 fully saturated rings. The van der Waals surface area contributed by atoms with E-state index >= 15 is 0 Å². The Hall–Kier alpha value is -4.50. The normalized spacial score (nSPS) is 12.1. The molecule has 0 N–H and O–H groups in total. The Kier molecular flexibility index (Phi) is 10.9. The van der Waals surface area contributed by atoms with Crippen molar-refractivity contribution in [2.75, 3.05) is 0 Å². The zero-order valence-electron chi connectivity index (χ0n) is 33.6. The number of rotatable bonds is 8. The number of fused-ring (bicyclic) bond motifs is 3. The van der Waals surface area contributed by atoms with Crippen LogP contribution in [0.3, 0.4) is 0 Å². The summed E-state index contributed by atoms with van der Waals surface area (Å²) < 4.78 is 10.9. The molecule has 4 aromatic carbocycles. The van der Waals surface area contributed by atoms with Crippen molar-refractivity contribution in [2.45, 2.75) is 106 Å². The fraction of sp³-hybridized carbons (Fsp3) is 0.333. The van der Waals surface area contributed by atoms with Crippen molar-refractivity contribution in [3.63, 3.8) is 0 Å². The van der Waals surface area contributed by atoms with Crippen LogP contribution in [0.25, 0.3) is 44.4 Å². The third-order valence-electron chi connectivity index (χ3n) is 10.3. The molecule has 280 valence electrons.